The summed E-state index contributed by atoms with van der Waals surface area (Å²) in [6.07, 6.45) is 1.47. The van der Waals surface area contributed by atoms with Crippen molar-refractivity contribution in [2.75, 3.05) is 14.2 Å². The maximum atomic E-state index is 11.3. The van der Waals surface area contributed by atoms with Crippen molar-refractivity contribution in [1.29, 1.82) is 0 Å². The summed E-state index contributed by atoms with van der Waals surface area (Å²) in [5.41, 5.74) is 2.26. The smallest absolute Gasteiger partial charge is 0.345 e. The minimum absolute atomic E-state index is 0.226. The molecule has 2 aromatic rings. The maximum Gasteiger partial charge on any atom is 0.345 e. The van der Waals surface area contributed by atoms with Gasteiger partial charge in [-0.2, -0.15) is 0 Å². The lowest BCUT2D eigenvalue weighted by atomic mass is 10.00. The highest BCUT2D eigenvalue weighted by atomic mass is 35.5. The molecule has 4 nitrogen and oxygen atoms in total. The summed E-state index contributed by atoms with van der Waals surface area (Å²) >= 11 is 12.0. The van der Waals surface area contributed by atoms with Crippen LogP contribution in [0, 0.1) is 0 Å². The molecule has 0 aliphatic rings. The standard InChI is InChI=1S/C18H18Cl2O4/c1-23-14-5-3-4-12(10-14)6-7-13-8-9-16(24-2)15(11-13)18(19,20)17(21)22/h3-5,8-11H,6-7H2,1-2H3,(H,21,22). The van der Waals surface area contributed by atoms with Gasteiger partial charge in [-0.3, -0.25) is 0 Å². The molecule has 2 rings (SSSR count). The van der Waals surface area contributed by atoms with Gasteiger partial charge >= 0.3 is 5.97 Å². The first-order valence-corrected chi connectivity index (χ1v) is 8.05. The topological polar surface area (TPSA) is 55.8 Å². The molecule has 0 spiro atoms. The fourth-order valence-corrected chi connectivity index (χ4v) is 2.68. The number of hydrogen-bond acceptors (Lipinski definition) is 3. The fraction of sp³-hybridized carbons (Fsp3) is 0.278. The Labute approximate surface area is 150 Å². The van der Waals surface area contributed by atoms with E-state index < -0.39 is 10.3 Å². The molecule has 0 saturated carbocycles. The van der Waals surface area contributed by atoms with Crippen LogP contribution in [0.1, 0.15) is 16.7 Å². The molecule has 0 unspecified atom stereocenters. The van der Waals surface area contributed by atoms with Gasteiger partial charge in [-0.15, -0.1) is 0 Å². The van der Waals surface area contributed by atoms with Gasteiger partial charge in [0.15, 0.2) is 0 Å². The van der Waals surface area contributed by atoms with Gasteiger partial charge in [-0.25, -0.2) is 4.79 Å². The van der Waals surface area contributed by atoms with E-state index in [1.807, 2.05) is 30.3 Å². The molecule has 2 aromatic carbocycles. The number of alkyl halides is 2. The van der Waals surface area contributed by atoms with E-state index in [1.165, 1.54) is 7.11 Å². The molecule has 0 amide bonds. The predicted octanol–water partition coefficient (Wildman–Crippen LogP) is 4.20. The molecule has 0 fully saturated rings. The molecule has 128 valence electrons. The third-order valence-corrected chi connectivity index (χ3v) is 4.44. The van der Waals surface area contributed by atoms with Crippen LogP contribution in [0.2, 0.25) is 0 Å². The van der Waals surface area contributed by atoms with Crippen molar-refractivity contribution in [2.45, 2.75) is 17.2 Å². The Morgan fingerprint density at radius 1 is 1.04 bits per heavy atom. The summed E-state index contributed by atoms with van der Waals surface area (Å²) in [4.78, 5) is 11.3. The summed E-state index contributed by atoms with van der Waals surface area (Å²) in [5, 5.41) is 9.24. The largest absolute Gasteiger partial charge is 0.497 e. The Morgan fingerprint density at radius 3 is 2.29 bits per heavy atom. The molecule has 24 heavy (non-hydrogen) atoms. The van der Waals surface area contributed by atoms with E-state index in [2.05, 4.69) is 0 Å². The lowest BCUT2D eigenvalue weighted by molar-refractivity contribution is -0.138. The normalized spacial score (nSPS) is 11.2. The van der Waals surface area contributed by atoms with Crippen molar-refractivity contribution >= 4 is 29.2 Å². The van der Waals surface area contributed by atoms with Crippen molar-refractivity contribution < 1.29 is 19.4 Å². The first kappa shape index (κ1) is 18.4. The highest BCUT2D eigenvalue weighted by molar-refractivity contribution is 6.56. The van der Waals surface area contributed by atoms with E-state index in [9.17, 15) is 9.90 Å². The van der Waals surface area contributed by atoms with E-state index in [4.69, 9.17) is 32.7 Å². The summed E-state index contributed by atoms with van der Waals surface area (Å²) < 4.78 is 8.33. The number of carboxylic acids is 1. The van der Waals surface area contributed by atoms with Gasteiger partial charge in [0.25, 0.3) is 0 Å². The first-order valence-electron chi connectivity index (χ1n) is 7.30. The molecule has 6 heteroatoms. The molecule has 0 bridgehead atoms. The average molecular weight is 369 g/mol. The molecule has 0 heterocycles. The number of hydrogen-bond donors (Lipinski definition) is 1. The zero-order valence-corrected chi connectivity index (χ0v) is 14.9. The zero-order chi connectivity index (χ0) is 17.7. The molecular weight excluding hydrogens is 351 g/mol. The second-order valence-electron chi connectivity index (χ2n) is 5.27. The Balaban J connectivity index is 2.24. The van der Waals surface area contributed by atoms with Crippen molar-refractivity contribution in [1.82, 2.24) is 0 Å². The lowest BCUT2D eigenvalue weighted by Crippen LogP contribution is -2.23. The van der Waals surface area contributed by atoms with E-state index in [-0.39, 0.29) is 5.56 Å². The minimum atomic E-state index is -2.06. The van der Waals surface area contributed by atoms with Crippen LogP contribution in [-0.2, 0) is 22.0 Å². The van der Waals surface area contributed by atoms with Crippen molar-refractivity contribution in [2.24, 2.45) is 0 Å². The Hall–Kier alpha value is -1.91. The fourth-order valence-electron chi connectivity index (χ4n) is 2.39. The SMILES string of the molecule is COc1cccc(CCc2ccc(OC)c(C(Cl)(Cl)C(=O)O)c2)c1. The number of aliphatic carboxylic acids is 1. The number of carboxylic acid groups (broad SMARTS) is 1. The number of benzene rings is 2. The van der Waals surface area contributed by atoms with E-state index >= 15 is 0 Å². The van der Waals surface area contributed by atoms with E-state index in [1.54, 1.807) is 19.2 Å². The number of aryl methyl sites for hydroxylation is 2. The molecule has 0 aliphatic carbocycles. The molecule has 1 N–H and O–H groups in total. The van der Waals surface area contributed by atoms with Crippen LogP contribution >= 0.6 is 23.2 Å². The first-order chi connectivity index (χ1) is 11.4. The monoisotopic (exact) mass is 368 g/mol. The van der Waals surface area contributed by atoms with Crippen molar-refractivity contribution in [3.05, 3.63) is 59.2 Å². The number of halogens is 2. The number of methoxy groups -OCH3 is 2. The van der Waals surface area contributed by atoms with Crippen molar-refractivity contribution in [3.8, 4) is 11.5 Å². The van der Waals surface area contributed by atoms with Gasteiger partial charge in [0, 0.05) is 5.56 Å². The van der Waals surface area contributed by atoms with Gasteiger partial charge in [0.05, 0.1) is 14.2 Å². The number of rotatable bonds is 7. The third-order valence-electron chi connectivity index (χ3n) is 3.71. The predicted molar refractivity (Wildman–Crippen MR) is 94.4 cm³/mol. The zero-order valence-electron chi connectivity index (χ0n) is 13.4. The van der Waals surface area contributed by atoms with Crippen LogP contribution in [0.4, 0.5) is 0 Å². The summed E-state index contributed by atoms with van der Waals surface area (Å²) in [7, 11) is 3.07. The number of carbonyl (C=O) groups is 1. The van der Waals surface area contributed by atoms with Gasteiger partial charge in [0.2, 0.25) is 4.33 Å². The van der Waals surface area contributed by atoms with Gasteiger partial charge < -0.3 is 14.6 Å². The summed E-state index contributed by atoms with van der Waals surface area (Å²) in [6, 6.07) is 13.0. The van der Waals surface area contributed by atoms with Gasteiger partial charge in [0.1, 0.15) is 11.5 Å². The minimum Gasteiger partial charge on any atom is -0.497 e. The highest BCUT2D eigenvalue weighted by Crippen LogP contribution is 2.40. The highest BCUT2D eigenvalue weighted by Gasteiger charge is 2.38. The Morgan fingerprint density at radius 2 is 1.71 bits per heavy atom. The van der Waals surface area contributed by atoms with Crippen molar-refractivity contribution in [3.63, 3.8) is 0 Å². The average Bonchev–Trinajstić information content (AvgIpc) is 2.59. The van der Waals surface area contributed by atoms with Gasteiger partial charge in [-0.05, 0) is 48.2 Å². The summed E-state index contributed by atoms with van der Waals surface area (Å²) in [6.45, 7) is 0. The quantitative estimate of drug-likeness (QED) is 0.743. The second-order valence-corrected chi connectivity index (χ2v) is 6.59. The third kappa shape index (κ3) is 4.13. The Kier molecular flexibility index (Phi) is 5.97. The van der Waals surface area contributed by atoms with Crippen LogP contribution in [0.3, 0.4) is 0 Å². The van der Waals surface area contributed by atoms with Crippen LogP contribution in [0.15, 0.2) is 42.5 Å². The lowest BCUT2D eigenvalue weighted by Gasteiger charge is -2.19. The Bertz CT molecular complexity index is 729. The van der Waals surface area contributed by atoms with Crippen LogP contribution in [-0.4, -0.2) is 25.3 Å². The van der Waals surface area contributed by atoms with Crippen LogP contribution in [0.25, 0.3) is 0 Å². The van der Waals surface area contributed by atoms with Crippen LogP contribution in [0.5, 0.6) is 11.5 Å². The second kappa shape index (κ2) is 7.77. The molecule has 0 radical (unpaired) electrons. The molecule has 0 atom stereocenters. The summed E-state index contributed by atoms with van der Waals surface area (Å²) in [5.74, 6) is -0.198. The van der Waals surface area contributed by atoms with E-state index in [0.29, 0.717) is 12.2 Å². The molecule has 0 aliphatic heterocycles. The molecule has 0 saturated heterocycles. The van der Waals surface area contributed by atoms with Gasteiger partial charge in [-0.1, -0.05) is 41.4 Å². The number of ether oxygens (including phenoxy) is 2. The molecular formula is C18H18Cl2O4. The van der Waals surface area contributed by atoms with E-state index in [0.717, 1.165) is 23.3 Å². The van der Waals surface area contributed by atoms with Crippen LogP contribution < -0.4 is 9.47 Å². The maximum absolute atomic E-state index is 11.3. The molecule has 0 aromatic heterocycles.